The molecule has 0 aliphatic rings. The largest absolute Gasteiger partial charge is 0.355 e. The van der Waals surface area contributed by atoms with E-state index in [4.69, 9.17) is 0 Å². The van der Waals surface area contributed by atoms with E-state index in [1.807, 2.05) is 0 Å². The molecular formula is C3H8BNO. The fourth-order valence-corrected chi connectivity index (χ4v) is 0.249. The highest BCUT2D eigenvalue weighted by molar-refractivity contribution is 6.71. The summed E-state index contributed by atoms with van der Waals surface area (Å²) < 4.78 is 0. The maximum Gasteiger partial charge on any atom is 0.282 e. The van der Waals surface area contributed by atoms with Crippen LogP contribution in [0.3, 0.4) is 0 Å². The Kier molecular flexibility index (Phi) is 2.76. The molecule has 3 heteroatoms. The lowest BCUT2D eigenvalue weighted by Crippen LogP contribution is -2.20. The van der Waals surface area contributed by atoms with Crippen molar-refractivity contribution in [3.8, 4) is 0 Å². The SMILES string of the molecule is CNBC(C)=O. The molecule has 0 unspecified atom stereocenters. The molecule has 0 heterocycles. The summed E-state index contributed by atoms with van der Waals surface area (Å²) >= 11 is 0. The van der Waals surface area contributed by atoms with Crippen molar-refractivity contribution in [2.75, 3.05) is 7.05 Å². The van der Waals surface area contributed by atoms with Crippen molar-refractivity contribution in [3.63, 3.8) is 0 Å². The van der Waals surface area contributed by atoms with Gasteiger partial charge in [0, 0.05) is 0 Å². The van der Waals surface area contributed by atoms with E-state index in [1.165, 1.54) is 0 Å². The lowest BCUT2D eigenvalue weighted by molar-refractivity contribution is -0.110. The van der Waals surface area contributed by atoms with Crippen LogP contribution in [0, 0.1) is 0 Å². The smallest absolute Gasteiger partial charge is 0.282 e. The molecule has 0 rings (SSSR count). The van der Waals surface area contributed by atoms with E-state index in [2.05, 4.69) is 5.23 Å². The molecule has 0 saturated carbocycles. The summed E-state index contributed by atoms with van der Waals surface area (Å²) in [6, 6.07) is 0. The molecule has 0 saturated heterocycles. The molecule has 0 fully saturated rings. The number of nitrogens with one attached hydrogen (secondary N) is 1. The van der Waals surface area contributed by atoms with Gasteiger partial charge in [-0.25, -0.2) is 0 Å². The summed E-state index contributed by atoms with van der Waals surface area (Å²) in [6.45, 7) is 1.55. The molecule has 0 atom stereocenters. The van der Waals surface area contributed by atoms with E-state index in [9.17, 15) is 4.79 Å². The molecule has 6 heavy (non-hydrogen) atoms. The zero-order valence-electron chi connectivity index (χ0n) is 4.12. The average Bonchev–Trinajstić information content (AvgIpc) is 1.35. The summed E-state index contributed by atoms with van der Waals surface area (Å²) in [5.41, 5.74) is 0.178. The summed E-state index contributed by atoms with van der Waals surface area (Å²) in [7, 11) is 2.24. The number of hydrogen-bond acceptors (Lipinski definition) is 2. The molecule has 0 aromatic carbocycles. The predicted octanol–water partition coefficient (Wildman–Crippen LogP) is -0.896. The zero-order chi connectivity index (χ0) is 4.99. The number of hydrogen-bond donors (Lipinski definition) is 1. The van der Waals surface area contributed by atoms with Gasteiger partial charge in [-0.1, -0.05) is 0 Å². The lowest BCUT2D eigenvalue weighted by Gasteiger charge is -1.81. The molecule has 0 aliphatic carbocycles. The Morgan fingerprint density at radius 3 is 2.33 bits per heavy atom. The molecular weight excluding hydrogens is 76.9 g/mol. The number of rotatable bonds is 2. The minimum absolute atomic E-state index is 0.178. The monoisotopic (exact) mass is 85.1 g/mol. The first-order valence-corrected chi connectivity index (χ1v) is 1.91. The second-order valence-electron chi connectivity index (χ2n) is 1.23. The topological polar surface area (TPSA) is 29.1 Å². The van der Waals surface area contributed by atoms with Gasteiger partial charge < -0.3 is 10.0 Å². The predicted molar refractivity (Wildman–Crippen MR) is 26.9 cm³/mol. The molecule has 34 valence electrons. The van der Waals surface area contributed by atoms with Crippen LogP contribution in [0.2, 0.25) is 0 Å². The Bertz CT molecular complexity index is 54.8. The van der Waals surface area contributed by atoms with Crippen molar-refractivity contribution in [2.45, 2.75) is 6.92 Å². The van der Waals surface area contributed by atoms with Crippen LogP contribution >= 0.6 is 0 Å². The van der Waals surface area contributed by atoms with Crippen LogP contribution in [0.5, 0.6) is 0 Å². The van der Waals surface area contributed by atoms with E-state index in [0.29, 0.717) is 7.41 Å². The van der Waals surface area contributed by atoms with Crippen molar-refractivity contribution >= 4 is 13.1 Å². The molecule has 0 aromatic rings. The fourth-order valence-electron chi connectivity index (χ4n) is 0.249. The Morgan fingerprint density at radius 2 is 2.33 bits per heavy atom. The highest BCUT2D eigenvalue weighted by Crippen LogP contribution is 1.52. The molecule has 2 nitrogen and oxygen atoms in total. The van der Waals surface area contributed by atoms with Gasteiger partial charge in [-0.05, 0) is 14.0 Å². The van der Waals surface area contributed by atoms with E-state index in [1.54, 1.807) is 14.0 Å². The van der Waals surface area contributed by atoms with Crippen LogP contribution in [0.4, 0.5) is 0 Å². The van der Waals surface area contributed by atoms with Crippen LogP contribution in [-0.4, -0.2) is 20.1 Å². The summed E-state index contributed by atoms with van der Waals surface area (Å²) in [6.07, 6.45) is 0. The first-order chi connectivity index (χ1) is 2.77. The van der Waals surface area contributed by atoms with Gasteiger partial charge in [-0.3, -0.25) is 0 Å². The van der Waals surface area contributed by atoms with E-state index in [0.717, 1.165) is 0 Å². The van der Waals surface area contributed by atoms with Crippen molar-refractivity contribution in [2.24, 2.45) is 0 Å². The second kappa shape index (κ2) is 2.91. The molecule has 0 radical (unpaired) electrons. The van der Waals surface area contributed by atoms with Crippen LogP contribution in [-0.2, 0) is 4.79 Å². The van der Waals surface area contributed by atoms with Gasteiger partial charge in [0.15, 0.2) is 0 Å². The van der Waals surface area contributed by atoms with E-state index >= 15 is 0 Å². The van der Waals surface area contributed by atoms with Crippen LogP contribution in [0.1, 0.15) is 6.92 Å². The van der Waals surface area contributed by atoms with Crippen molar-refractivity contribution in [1.29, 1.82) is 0 Å². The fraction of sp³-hybridized carbons (Fsp3) is 0.667. The van der Waals surface area contributed by atoms with Gasteiger partial charge >= 0.3 is 0 Å². The van der Waals surface area contributed by atoms with E-state index < -0.39 is 0 Å². The quantitative estimate of drug-likeness (QED) is 0.440. The number of carbonyl (C=O) groups is 1. The van der Waals surface area contributed by atoms with Crippen LogP contribution < -0.4 is 5.23 Å². The Labute approximate surface area is 38.2 Å². The Balaban J connectivity index is 2.83. The standard InChI is InChI=1S/C3H8BNO/c1-3(6)4-5-2/h4-5H,1-2H3. The third-order valence-corrected chi connectivity index (χ3v) is 0.426. The highest BCUT2D eigenvalue weighted by atomic mass is 16.1. The van der Waals surface area contributed by atoms with Crippen molar-refractivity contribution < 1.29 is 4.79 Å². The molecule has 0 bridgehead atoms. The highest BCUT2D eigenvalue weighted by Gasteiger charge is 1.87. The normalized spacial score (nSPS) is 7.67. The van der Waals surface area contributed by atoms with Crippen molar-refractivity contribution in [1.82, 2.24) is 5.23 Å². The van der Waals surface area contributed by atoms with Crippen molar-refractivity contribution in [3.05, 3.63) is 0 Å². The van der Waals surface area contributed by atoms with Gasteiger partial charge in [0.05, 0.1) is 0 Å². The van der Waals surface area contributed by atoms with E-state index in [-0.39, 0.29) is 5.68 Å². The lowest BCUT2D eigenvalue weighted by atomic mass is 9.90. The van der Waals surface area contributed by atoms with Gasteiger partial charge in [-0.2, -0.15) is 0 Å². The molecule has 0 spiro atoms. The average molecular weight is 84.9 g/mol. The second-order valence-corrected chi connectivity index (χ2v) is 1.23. The first kappa shape index (κ1) is 5.69. The summed E-state index contributed by atoms with van der Waals surface area (Å²) in [5, 5.41) is 2.72. The molecule has 0 aromatic heterocycles. The van der Waals surface area contributed by atoms with Crippen LogP contribution in [0.15, 0.2) is 0 Å². The third-order valence-electron chi connectivity index (χ3n) is 0.426. The molecule has 1 N–H and O–H groups in total. The maximum atomic E-state index is 9.98. The first-order valence-electron chi connectivity index (χ1n) is 1.91. The third kappa shape index (κ3) is 3.69. The van der Waals surface area contributed by atoms with Crippen LogP contribution in [0.25, 0.3) is 0 Å². The maximum absolute atomic E-state index is 9.98. The van der Waals surface area contributed by atoms with Gasteiger partial charge in [0.1, 0.15) is 5.68 Å². The Morgan fingerprint density at radius 1 is 1.83 bits per heavy atom. The van der Waals surface area contributed by atoms with Gasteiger partial charge in [0.25, 0.3) is 7.41 Å². The van der Waals surface area contributed by atoms with Gasteiger partial charge in [0.2, 0.25) is 0 Å². The van der Waals surface area contributed by atoms with Gasteiger partial charge in [-0.15, -0.1) is 0 Å². The Hall–Kier alpha value is -0.305. The summed E-state index contributed by atoms with van der Waals surface area (Å²) in [5.74, 6) is 0. The number of carbonyl (C=O) groups excluding carboxylic acids is 1. The minimum atomic E-state index is 0.178. The molecule has 0 amide bonds. The zero-order valence-corrected chi connectivity index (χ0v) is 4.12. The minimum Gasteiger partial charge on any atom is -0.355 e. The molecule has 0 aliphatic heterocycles. The summed E-state index contributed by atoms with van der Waals surface area (Å²) in [4.78, 5) is 9.98.